The number of likely N-dealkylation sites (tertiary alicyclic amines) is 1. The maximum absolute atomic E-state index is 13.4. The van der Waals surface area contributed by atoms with Crippen molar-refractivity contribution in [2.45, 2.75) is 63.8 Å². The Balaban J connectivity index is 1.14. The van der Waals surface area contributed by atoms with Crippen LogP contribution in [0.5, 0.6) is 0 Å². The SMILES string of the molecule is COCCCc1ccccc1CC1(COC2CN(C(=O)OCc3ccc(CON(O)O)cc3)CC[C@@H]2c2cccc(-c3ccccc3)c2)CC1. The van der Waals surface area contributed by atoms with Gasteiger partial charge in [0, 0.05) is 26.2 Å². The van der Waals surface area contributed by atoms with E-state index in [4.69, 9.17) is 24.6 Å². The Bertz CT molecular complexity index is 1660. The van der Waals surface area contributed by atoms with Crippen LogP contribution in [-0.2, 0) is 45.1 Å². The van der Waals surface area contributed by atoms with Crippen molar-refractivity contribution in [1.82, 2.24) is 10.3 Å². The zero-order valence-electron chi connectivity index (χ0n) is 28.8. The lowest BCUT2D eigenvalue weighted by Gasteiger charge is -2.39. The molecule has 0 spiro atoms. The number of carbonyl (C=O) groups is 1. The van der Waals surface area contributed by atoms with Gasteiger partial charge in [-0.3, -0.25) is 10.4 Å². The van der Waals surface area contributed by atoms with Crippen molar-refractivity contribution >= 4 is 6.09 Å². The highest BCUT2D eigenvalue weighted by Crippen LogP contribution is 2.50. The quantitative estimate of drug-likeness (QED) is 0.0908. The molecule has 0 aromatic heterocycles. The van der Waals surface area contributed by atoms with Crippen LogP contribution in [0.15, 0.2) is 103 Å². The van der Waals surface area contributed by atoms with Gasteiger partial charge in [0.15, 0.2) is 0 Å². The van der Waals surface area contributed by atoms with Crippen LogP contribution in [0.1, 0.15) is 59.4 Å². The van der Waals surface area contributed by atoms with E-state index in [-0.39, 0.29) is 42.1 Å². The normalized spacial score (nSPS) is 18.3. The van der Waals surface area contributed by atoms with E-state index >= 15 is 0 Å². The van der Waals surface area contributed by atoms with Crippen molar-refractivity contribution in [3.8, 4) is 11.1 Å². The van der Waals surface area contributed by atoms with Gasteiger partial charge in [-0.05, 0) is 82.9 Å². The van der Waals surface area contributed by atoms with Crippen molar-refractivity contribution in [1.29, 1.82) is 0 Å². The van der Waals surface area contributed by atoms with Crippen LogP contribution in [0.2, 0.25) is 0 Å². The minimum atomic E-state index is -0.357. The van der Waals surface area contributed by atoms with Crippen LogP contribution in [0.4, 0.5) is 4.79 Å². The molecule has 2 fully saturated rings. The standard InChI is InChI=1S/C41H48N2O7/c1-47-24-8-15-34-11-5-6-12-37(34)26-41(21-22-41)30-49-39-27-42(40(44)48-28-31-16-18-32(19-17-31)29-50-43(45)46)23-20-38(39)36-14-7-13-35(25-36)33-9-3-2-4-10-33/h2-7,9-14,16-19,25,38-39,45-46H,8,15,20-24,26-30H2,1H3/t38-,39?/m1/s1. The third-order valence-electron chi connectivity index (χ3n) is 10.0. The van der Waals surface area contributed by atoms with Crippen LogP contribution >= 0.6 is 0 Å². The molecule has 1 aliphatic heterocycles. The lowest BCUT2D eigenvalue weighted by molar-refractivity contribution is -0.497. The number of aryl methyl sites for hydroxylation is 1. The topological polar surface area (TPSA) is 101 Å². The van der Waals surface area contributed by atoms with Crippen LogP contribution in [0.3, 0.4) is 0 Å². The summed E-state index contributed by atoms with van der Waals surface area (Å²) < 4.78 is 18.0. The van der Waals surface area contributed by atoms with Gasteiger partial charge in [0.05, 0.1) is 31.3 Å². The van der Waals surface area contributed by atoms with Gasteiger partial charge in [0.1, 0.15) is 6.61 Å². The maximum atomic E-state index is 13.4. The third-order valence-corrected chi connectivity index (χ3v) is 10.0. The first-order valence-corrected chi connectivity index (χ1v) is 17.5. The number of hydrogen-bond donors (Lipinski definition) is 2. The summed E-state index contributed by atoms with van der Waals surface area (Å²) in [6.07, 6.45) is 5.51. The van der Waals surface area contributed by atoms with Crippen LogP contribution in [0.25, 0.3) is 11.1 Å². The van der Waals surface area contributed by atoms with Gasteiger partial charge >= 0.3 is 6.09 Å². The van der Waals surface area contributed by atoms with E-state index in [2.05, 4.69) is 77.6 Å². The molecule has 2 N–H and O–H groups in total. The monoisotopic (exact) mass is 680 g/mol. The second-order valence-electron chi connectivity index (χ2n) is 13.6. The third kappa shape index (κ3) is 9.78. The summed E-state index contributed by atoms with van der Waals surface area (Å²) in [5, 5.41) is 17.2. The molecule has 1 unspecified atom stereocenters. The molecule has 9 nitrogen and oxygen atoms in total. The Kier molecular flexibility index (Phi) is 12.3. The number of benzene rings is 4. The molecule has 1 saturated heterocycles. The predicted molar refractivity (Wildman–Crippen MR) is 189 cm³/mol. The van der Waals surface area contributed by atoms with Gasteiger partial charge in [-0.1, -0.05) is 103 Å². The molecule has 6 rings (SSSR count). The lowest BCUT2D eigenvalue weighted by atomic mass is 9.85. The van der Waals surface area contributed by atoms with Crippen LogP contribution in [-0.4, -0.2) is 66.3 Å². The van der Waals surface area contributed by atoms with Gasteiger partial charge in [0.25, 0.3) is 0 Å². The van der Waals surface area contributed by atoms with Crippen molar-refractivity contribution in [2.75, 3.05) is 33.4 Å². The number of hydrogen-bond acceptors (Lipinski definition) is 8. The zero-order valence-corrected chi connectivity index (χ0v) is 28.8. The number of rotatable bonds is 16. The van der Waals surface area contributed by atoms with Gasteiger partial charge in [-0.25, -0.2) is 9.63 Å². The number of carbonyl (C=O) groups excluding carboxylic acids is 1. The minimum absolute atomic E-state index is 0.000158. The molecule has 1 saturated carbocycles. The Morgan fingerprint density at radius 3 is 2.28 bits per heavy atom. The summed E-state index contributed by atoms with van der Waals surface area (Å²) in [6.45, 7) is 2.57. The zero-order chi connectivity index (χ0) is 34.8. The van der Waals surface area contributed by atoms with Crippen LogP contribution in [0, 0.1) is 5.41 Å². The van der Waals surface area contributed by atoms with E-state index in [1.165, 1.54) is 27.8 Å². The van der Waals surface area contributed by atoms with Crippen molar-refractivity contribution in [3.63, 3.8) is 0 Å². The average molecular weight is 681 g/mol. The molecular formula is C41H48N2O7. The molecule has 1 heterocycles. The van der Waals surface area contributed by atoms with Crippen molar-refractivity contribution in [2.24, 2.45) is 5.41 Å². The van der Waals surface area contributed by atoms with Crippen LogP contribution < -0.4 is 0 Å². The lowest BCUT2D eigenvalue weighted by Crippen LogP contribution is -2.47. The molecule has 2 atom stereocenters. The van der Waals surface area contributed by atoms with E-state index in [1.807, 2.05) is 18.2 Å². The van der Waals surface area contributed by atoms with E-state index in [0.29, 0.717) is 19.7 Å². The predicted octanol–water partition coefficient (Wildman–Crippen LogP) is 7.98. The van der Waals surface area contributed by atoms with E-state index < -0.39 is 0 Å². The first-order valence-electron chi connectivity index (χ1n) is 17.5. The fourth-order valence-electron chi connectivity index (χ4n) is 6.93. The number of piperidine rings is 1. The summed E-state index contributed by atoms with van der Waals surface area (Å²) in [6, 6.07) is 35.2. The van der Waals surface area contributed by atoms with Gasteiger partial charge in [0.2, 0.25) is 0 Å². The fraction of sp³-hybridized carbons (Fsp3) is 0.390. The number of methoxy groups -OCH3 is 1. The van der Waals surface area contributed by atoms with Gasteiger partial charge < -0.3 is 19.1 Å². The largest absolute Gasteiger partial charge is 0.445 e. The summed E-state index contributed by atoms with van der Waals surface area (Å²) in [5.41, 5.74) is 8.05. The van der Waals surface area contributed by atoms with E-state index in [1.54, 1.807) is 24.1 Å². The Morgan fingerprint density at radius 2 is 1.56 bits per heavy atom. The van der Waals surface area contributed by atoms with Crippen molar-refractivity contribution < 1.29 is 34.3 Å². The second-order valence-corrected chi connectivity index (χ2v) is 13.6. The molecule has 0 bridgehead atoms. The smallest absolute Gasteiger partial charge is 0.410 e. The first-order chi connectivity index (χ1) is 24.4. The second kappa shape index (κ2) is 17.2. The molecular weight excluding hydrogens is 632 g/mol. The molecule has 264 valence electrons. The molecule has 1 aliphatic carbocycles. The summed E-state index contributed by atoms with van der Waals surface area (Å²) in [7, 11) is 1.75. The number of amides is 1. The molecule has 50 heavy (non-hydrogen) atoms. The number of nitrogens with zero attached hydrogens (tertiary/aromatic N) is 2. The first kappa shape index (κ1) is 35.7. The number of ether oxygens (including phenoxy) is 3. The summed E-state index contributed by atoms with van der Waals surface area (Å²) in [4.78, 5) is 19.8. The summed E-state index contributed by atoms with van der Waals surface area (Å²) in [5.74, 6) is 0.142. The molecule has 2 aliphatic rings. The molecule has 4 aromatic carbocycles. The van der Waals surface area contributed by atoms with Gasteiger partial charge in [-0.15, -0.1) is 0 Å². The van der Waals surface area contributed by atoms with Gasteiger partial charge in [-0.2, -0.15) is 0 Å². The molecule has 9 heteroatoms. The highest BCUT2D eigenvalue weighted by molar-refractivity contribution is 5.68. The average Bonchev–Trinajstić information content (AvgIpc) is 3.93. The molecule has 4 aromatic rings. The van der Waals surface area contributed by atoms with E-state index in [0.717, 1.165) is 56.3 Å². The minimum Gasteiger partial charge on any atom is -0.445 e. The van der Waals surface area contributed by atoms with Crippen molar-refractivity contribution in [3.05, 3.63) is 131 Å². The molecule has 0 radical (unpaired) electrons. The Labute approximate surface area is 294 Å². The molecule has 1 amide bonds. The fourth-order valence-corrected chi connectivity index (χ4v) is 6.93. The summed E-state index contributed by atoms with van der Waals surface area (Å²) >= 11 is 0. The highest BCUT2D eigenvalue weighted by atomic mass is 17.1. The van der Waals surface area contributed by atoms with E-state index in [9.17, 15) is 4.79 Å². The highest BCUT2D eigenvalue weighted by Gasteiger charge is 2.45. The Morgan fingerprint density at radius 1 is 0.860 bits per heavy atom. The maximum Gasteiger partial charge on any atom is 0.410 e. The Hall–Kier alpha value is -4.09.